The van der Waals surface area contributed by atoms with Gasteiger partial charge in [-0.1, -0.05) is 66.2 Å². The average molecular weight is 505 g/mol. The average Bonchev–Trinajstić information content (AvgIpc) is 2.87. The monoisotopic (exact) mass is 504 g/mol. The van der Waals surface area contributed by atoms with Crippen LogP contribution in [0.15, 0.2) is 102 Å². The number of carbonyl (C=O) groups is 2. The molecular formula is C27H21ClN2O4S. The molecule has 0 aliphatic rings. The second-order valence-corrected chi connectivity index (χ2v) is 9.91. The van der Waals surface area contributed by atoms with Gasteiger partial charge in [0.05, 0.1) is 16.3 Å². The Hall–Kier alpha value is -3.94. The molecule has 0 saturated heterocycles. The summed E-state index contributed by atoms with van der Waals surface area (Å²) in [6.45, 7) is 1.74. The molecule has 0 aromatic heterocycles. The quantitative estimate of drug-likeness (QED) is 0.305. The van der Waals surface area contributed by atoms with E-state index in [2.05, 4.69) is 10.0 Å². The van der Waals surface area contributed by atoms with Crippen LogP contribution in [-0.2, 0) is 10.0 Å². The Morgan fingerprint density at radius 1 is 0.743 bits per heavy atom. The molecule has 0 aliphatic carbocycles. The van der Waals surface area contributed by atoms with E-state index in [9.17, 15) is 18.0 Å². The Morgan fingerprint density at radius 2 is 1.40 bits per heavy atom. The smallest absolute Gasteiger partial charge is 0.261 e. The number of sulfonamides is 1. The molecule has 0 radical (unpaired) electrons. The maximum Gasteiger partial charge on any atom is 0.261 e. The zero-order valence-electron chi connectivity index (χ0n) is 18.7. The molecule has 0 aliphatic heterocycles. The maximum absolute atomic E-state index is 13.1. The topological polar surface area (TPSA) is 92.3 Å². The van der Waals surface area contributed by atoms with Gasteiger partial charge in [-0.3, -0.25) is 14.3 Å². The van der Waals surface area contributed by atoms with Gasteiger partial charge in [-0.15, -0.1) is 0 Å². The van der Waals surface area contributed by atoms with Crippen LogP contribution in [0.3, 0.4) is 0 Å². The van der Waals surface area contributed by atoms with Crippen LogP contribution in [0.2, 0.25) is 5.02 Å². The van der Waals surface area contributed by atoms with Gasteiger partial charge in [-0.2, -0.15) is 0 Å². The molecule has 8 heteroatoms. The van der Waals surface area contributed by atoms with Gasteiger partial charge in [0.25, 0.3) is 15.9 Å². The van der Waals surface area contributed by atoms with Crippen molar-refractivity contribution in [1.82, 2.24) is 0 Å². The first kappa shape index (κ1) is 24.2. The molecule has 4 aromatic rings. The minimum absolute atomic E-state index is 0.111. The second kappa shape index (κ2) is 10.1. The van der Waals surface area contributed by atoms with Crippen LogP contribution in [0.25, 0.3) is 0 Å². The number of amides is 1. The number of aryl methyl sites for hydroxylation is 1. The van der Waals surface area contributed by atoms with E-state index in [1.54, 1.807) is 79.7 Å². The molecule has 2 N–H and O–H groups in total. The molecule has 0 saturated carbocycles. The van der Waals surface area contributed by atoms with Gasteiger partial charge in [0.2, 0.25) is 0 Å². The number of nitrogens with one attached hydrogen (secondary N) is 2. The molecular weight excluding hydrogens is 484 g/mol. The molecule has 35 heavy (non-hydrogen) atoms. The van der Waals surface area contributed by atoms with Gasteiger partial charge >= 0.3 is 0 Å². The lowest BCUT2D eigenvalue weighted by atomic mass is 10.0. The third-order valence-electron chi connectivity index (χ3n) is 5.31. The van der Waals surface area contributed by atoms with Crippen LogP contribution in [0, 0.1) is 6.92 Å². The lowest BCUT2D eigenvalue weighted by molar-refractivity contribution is 0.102. The van der Waals surface area contributed by atoms with Gasteiger partial charge in [0.1, 0.15) is 0 Å². The highest BCUT2D eigenvalue weighted by Crippen LogP contribution is 2.26. The van der Waals surface area contributed by atoms with E-state index >= 15 is 0 Å². The lowest BCUT2D eigenvalue weighted by Gasteiger charge is -2.14. The molecule has 1 amide bonds. The highest BCUT2D eigenvalue weighted by Gasteiger charge is 2.19. The van der Waals surface area contributed by atoms with E-state index in [1.807, 2.05) is 0 Å². The molecule has 0 fully saturated rings. The van der Waals surface area contributed by atoms with Crippen molar-refractivity contribution in [2.45, 2.75) is 11.8 Å². The Kier molecular flexibility index (Phi) is 7.00. The van der Waals surface area contributed by atoms with E-state index in [4.69, 9.17) is 11.6 Å². The first-order chi connectivity index (χ1) is 16.7. The van der Waals surface area contributed by atoms with Gasteiger partial charge in [0.15, 0.2) is 5.78 Å². The largest absolute Gasteiger partial charge is 0.321 e. The normalized spacial score (nSPS) is 11.0. The summed E-state index contributed by atoms with van der Waals surface area (Å²) in [6.07, 6.45) is 0. The zero-order chi connectivity index (χ0) is 25.0. The van der Waals surface area contributed by atoms with Crippen LogP contribution >= 0.6 is 11.6 Å². The summed E-state index contributed by atoms with van der Waals surface area (Å²) in [5.41, 5.74) is 2.13. The summed E-state index contributed by atoms with van der Waals surface area (Å²) in [6, 6.07) is 26.0. The molecule has 0 unspecified atom stereocenters. The van der Waals surface area contributed by atoms with Crippen LogP contribution in [0.4, 0.5) is 11.4 Å². The van der Waals surface area contributed by atoms with Crippen molar-refractivity contribution in [2.24, 2.45) is 0 Å². The van der Waals surface area contributed by atoms with Crippen LogP contribution < -0.4 is 10.0 Å². The molecule has 0 atom stereocenters. The number of ketones is 1. The first-order valence-corrected chi connectivity index (χ1v) is 12.5. The predicted octanol–water partition coefficient (Wildman–Crippen LogP) is 5.93. The van der Waals surface area contributed by atoms with Crippen LogP contribution in [-0.4, -0.2) is 20.1 Å². The molecule has 0 heterocycles. The third-order valence-corrected chi connectivity index (χ3v) is 6.92. The zero-order valence-corrected chi connectivity index (χ0v) is 20.2. The van der Waals surface area contributed by atoms with Crippen molar-refractivity contribution in [3.8, 4) is 0 Å². The van der Waals surface area contributed by atoms with E-state index < -0.39 is 15.9 Å². The summed E-state index contributed by atoms with van der Waals surface area (Å²) in [5, 5.41) is 3.11. The van der Waals surface area contributed by atoms with Gasteiger partial charge in [-0.25, -0.2) is 8.42 Å². The first-order valence-electron chi connectivity index (χ1n) is 10.6. The van der Waals surface area contributed by atoms with Crippen molar-refractivity contribution in [3.05, 3.63) is 124 Å². The SMILES string of the molecule is Cc1ccc(C(=O)Nc2ccc(Cl)cc2C(=O)c2ccccc2)cc1NS(=O)(=O)c1ccccc1. The number of carbonyl (C=O) groups excluding carboxylic acids is 2. The number of hydrogen-bond acceptors (Lipinski definition) is 4. The van der Waals surface area contributed by atoms with Crippen molar-refractivity contribution >= 4 is 44.7 Å². The summed E-state index contributed by atoms with van der Waals surface area (Å²) in [4.78, 5) is 26.2. The molecule has 4 aromatic carbocycles. The van der Waals surface area contributed by atoms with Crippen molar-refractivity contribution in [1.29, 1.82) is 0 Å². The molecule has 0 spiro atoms. The Labute approximate surface area is 208 Å². The fraction of sp³-hybridized carbons (Fsp3) is 0.0370. The van der Waals surface area contributed by atoms with Crippen molar-refractivity contribution in [3.63, 3.8) is 0 Å². The standard InChI is InChI=1S/C27H21ClN2O4S/c1-18-12-13-20(16-25(18)30-35(33,34)22-10-6-3-7-11-22)27(32)29-24-15-14-21(28)17-23(24)26(31)19-8-4-2-5-9-19/h2-17,30H,1H3,(H,29,32). The Bertz CT molecular complexity index is 1510. The summed E-state index contributed by atoms with van der Waals surface area (Å²) >= 11 is 6.12. The van der Waals surface area contributed by atoms with E-state index in [0.29, 0.717) is 21.8 Å². The van der Waals surface area contributed by atoms with Crippen molar-refractivity contribution < 1.29 is 18.0 Å². The van der Waals surface area contributed by atoms with Crippen LogP contribution in [0.1, 0.15) is 31.8 Å². The Balaban J connectivity index is 1.62. The van der Waals surface area contributed by atoms with E-state index in [1.165, 1.54) is 24.3 Å². The highest BCUT2D eigenvalue weighted by molar-refractivity contribution is 7.92. The number of halogens is 1. The minimum atomic E-state index is -3.83. The number of benzene rings is 4. The van der Waals surface area contributed by atoms with Gasteiger partial charge in [0, 0.05) is 21.7 Å². The third kappa shape index (κ3) is 5.59. The highest BCUT2D eigenvalue weighted by atomic mass is 35.5. The Morgan fingerprint density at radius 3 is 2.09 bits per heavy atom. The number of rotatable bonds is 7. The fourth-order valence-corrected chi connectivity index (χ4v) is 4.74. The lowest BCUT2D eigenvalue weighted by Crippen LogP contribution is -2.17. The molecule has 176 valence electrons. The minimum Gasteiger partial charge on any atom is -0.321 e. The maximum atomic E-state index is 13.1. The number of anilines is 2. The van der Waals surface area contributed by atoms with E-state index in [-0.39, 0.29) is 27.5 Å². The van der Waals surface area contributed by atoms with Crippen LogP contribution in [0.5, 0.6) is 0 Å². The van der Waals surface area contributed by atoms with E-state index in [0.717, 1.165) is 0 Å². The van der Waals surface area contributed by atoms with Gasteiger partial charge < -0.3 is 5.32 Å². The molecule has 4 rings (SSSR count). The summed E-state index contributed by atoms with van der Waals surface area (Å²) in [5.74, 6) is -0.793. The number of hydrogen-bond donors (Lipinski definition) is 2. The fourth-order valence-electron chi connectivity index (χ4n) is 3.43. The summed E-state index contributed by atoms with van der Waals surface area (Å²) < 4.78 is 28.0. The molecule has 6 nitrogen and oxygen atoms in total. The predicted molar refractivity (Wildman–Crippen MR) is 138 cm³/mol. The molecule has 0 bridgehead atoms. The second-order valence-electron chi connectivity index (χ2n) is 7.79. The van der Waals surface area contributed by atoms with Crippen molar-refractivity contribution in [2.75, 3.05) is 10.0 Å². The summed E-state index contributed by atoms with van der Waals surface area (Å²) in [7, 11) is -3.83. The van der Waals surface area contributed by atoms with Gasteiger partial charge in [-0.05, 0) is 55.0 Å².